The molecule has 0 aromatic heterocycles. The van der Waals surface area contributed by atoms with Crippen LogP contribution in [-0.2, 0) is 0 Å². The van der Waals surface area contributed by atoms with Gasteiger partial charge in [0.25, 0.3) is 0 Å². The molecule has 2 fully saturated rings. The van der Waals surface area contributed by atoms with Gasteiger partial charge in [-0.1, -0.05) is 19.3 Å². The normalized spacial score (nSPS) is 40.1. The van der Waals surface area contributed by atoms with Crippen LogP contribution in [0, 0.1) is 11.8 Å². The van der Waals surface area contributed by atoms with Crippen LogP contribution in [0.15, 0.2) is 0 Å². The molecular weight excluding hydrogens is 202 g/mol. The quantitative estimate of drug-likeness (QED) is 0.678. The van der Waals surface area contributed by atoms with E-state index in [9.17, 15) is 10.2 Å². The third kappa shape index (κ3) is 2.96. The van der Waals surface area contributed by atoms with Gasteiger partial charge >= 0.3 is 0 Å². The average molecular weight is 227 g/mol. The fraction of sp³-hybridized carbons (Fsp3) is 1.00. The minimum Gasteiger partial charge on any atom is -0.396 e. The van der Waals surface area contributed by atoms with Gasteiger partial charge in [-0.2, -0.15) is 0 Å². The van der Waals surface area contributed by atoms with Gasteiger partial charge in [-0.3, -0.25) is 0 Å². The van der Waals surface area contributed by atoms with Gasteiger partial charge in [0, 0.05) is 12.6 Å². The first-order chi connectivity index (χ1) is 7.81. The zero-order valence-corrected chi connectivity index (χ0v) is 10.1. The number of hydrogen-bond donors (Lipinski definition) is 3. The summed E-state index contributed by atoms with van der Waals surface area (Å²) in [7, 11) is 0. The van der Waals surface area contributed by atoms with Gasteiger partial charge in [0.15, 0.2) is 0 Å². The van der Waals surface area contributed by atoms with Crippen LogP contribution >= 0.6 is 0 Å². The smallest absolute Gasteiger partial charge is 0.0693 e. The van der Waals surface area contributed by atoms with Crippen LogP contribution in [0.5, 0.6) is 0 Å². The Morgan fingerprint density at radius 3 is 2.44 bits per heavy atom. The molecule has 16 heavy (non-hydrogen) atoms. The lowest BCUT2D eigenvalue weighted by atomic mass is 9.91. The van der Waals surface area contributed by atoms with Crippen molar-refractivity contribution in [1.82, 2.24) is 5.32 Å². The Morgan fingerprint density at radius 1 is 0.938 bits per heavy atom. The number of aliphatic hydroxyl groups excluding tert-OH is 2. The zero-order valence-electron chi connectivity index (χ0n) is 10.1. The Balaban J connectivity index is 1.73. The zero-order chi connectivity index (χ0) is 11.4. The van der Waals surface area contributed by atoms with Crippen molar-refractivity contribution in [3.8, 4) is 0 Å². The minimum absolute atomic E-state index is 0.150. The largest absolute Gasteiger partial charge is 0.396 e. The molecule has 2 saturated carbocycles. The summed E-state index contributed by atoms with van der Waals surface area (Å²) in [4.78, 5) is 0. The fourth-order valence-electron chi connectivity index (χ4n) is 3.27. The maximum atomic E-state index is 9.85. The molecule has 0 saturated heterocycles. The summed E-state index contributed by atoms with van der Waals surface area (Å²) in [5, 5.41) is 22.6. The van der Waals surface area contributed by atoms with E-state index in [0.29, 0.717) is 24.5 Å². The first-order valence-corrected chi connectivity index (χ1v) is 6.83. The summed E-state index contributed by atoms with van der Waals surface area (Å²) >= 11 is 0. The van der Waals surface area contributed by atoms with E-state index in [1.54, 1.807) is 0 Å². The molecule has 0 spiro atoms. The molecule has 2 aliphatic rings. The molecule has 0 radical (unpaired) electrons. The molecule has 0 amide bonds. The predicted molar refractivity (Wildman–Crippen MR) is 64.2 cm³/mol. The van der Waals surface area contributed by atoms with Crippen LogP contribution in [0.2, 0.25) is 0 Å². The first kappa shape index (κ1) is 12.3. The Morgan fingerprint density at radius 2 is 1.69 bits per heavy atom. The molecule has 4 atom stereocenters. The maximum Gasteiger partial charge on any atom is 0.0693 e. The van der Waals surface area contributed by atoms with Gasteiger partial charge in [-0.15, -0.1) is 0 Å². The van der Waals surface area contributed by atoms with E-state index in [2.05, 4.69) is 5.32 Å². The average Bonchev–Trinajstić information content (AvgIpc) is 2.75. The molecule has 0 heterocycles. The monoisotopic (exact) mass is 227 g/mol. The van der Waals surface area contributed by atoms with Gasteiger partial charge in [-0.25, -0.2) is 0 Å². The van der Waals surface area contributed by atoms with E-state index >= 15 is 0 Å². The SMILES string of the molecule is OCC1CCCC1CN[C@H]1CCCC[C@@H]1O. The lowest BCUT2D eigenvalue weighted by Gasteiger charge is -2.30. The molecule has 2 unspecified atom stereocenters. The highest BCUT2D eigenvalue weighted by Crippen LogP contribution is 2.31. The number of nitrogens with one attached hydrogen (secondary N) is 1. The number of rotatable bonds is 4. The molecule has 0 bridgehead atoms. The molecule has 0 aromatic carbocycles. The molecule has 3 heteroatoms. The molecule has 3 nitrogen and oxygen atoms in total. The van der Waals surface area contributed by atoms with Crippen LogP contribution in [-0.4, -0.2) is 35.5 Å². The standard InChI is InChI=1S/C13H25NO2/c15-9-11-5-3-4-10(11)8-14-12-6-1-2-7-13(12)16/h10-16H,1-9H2/t10?,11?,12-,13-/m0/s1. The van der Waals surface area contributed by atoms with Crippen LogP contribution < -0.4 is 5.32 Å². The summed E-state index contributed by atoms with van der Waals surface area (Å²) in [6.45, 7) is 1.31. The second-order valence-electron chi connectivity index (χ2n) is 5.50. The van der Waals surface area contributed by atoms with E-state index in [-0.39, 0.29) is 6.10 Å². The molecule has 2 aliphatic carbocycles. The lowest BCUT2D eigenvalue weighted by Crippen LogP contribution is -2.44. The molecular formula is C13H25NO2. The van der Waals surface area contributed by atoms with Crippen LogP contribution in [0.1, 0.15) is 44.9 Å². The van der Waals surface area contributed by atoms with Crippen molar-refractivity contribution in [3.05, 3.63) is 0 Å². The maximum absolute atomic E-state index is 9.85. The van der Waals surface area contributed by atoms with Crippen molar-refractivity contribution in [3.63, 3.8) is 0 Å². The van der Waals surface area contributed by atoms with E-state index < -0.39 is 0 Å². The molecule has 2 rings (SSSR count). The van der Waals surface area contributed by atoms with Crippen molar-refractivity contribution in [2.24, 2.45) is 11.8 Å². The second-order valence-corrected chi connectivity index (χ2v) is 5.50. The third-order valence-corrected chi connectivity index (χ3v) is 4.42. The predicted octanol–water partition coefficient (Wildman–Crippen LogP) is 1.29. The van der Waals surface area contributed by atoms with Crippen molar-refractivity contribution in [2.45, 2.75) is 57.1 Å². The van der Waals surface area contributed by atoms with E-state index in [4.69, 9.17) is 0 Å². The topological polar surface area (TPSA) is 52.5 Å². The summed E-state index contributed by atoms with van der Waals surface area (Å²) in [5.74, 6) is 1.12. The van der Waals surface area contributed by atoms with Gasteiger partial charge in [-0.05, 0) is 44.1 Å². The summed E-state index contributed by atoms with van der Waals surface area (Å²) in [5.41, 5.74) is 0. The fourth-order valence-corrected chi connectivity index (χ4v) is 3.27. The van der Waals surface area contributed by atoms with Crippen LogP contribution in [0.4, 0.5) is 0 Å². The van der Waals surface area contributed by atoms with Crippen LogP contribution in [0.3, 0.4) is 0 Å². The molecule has 3 N–H and O–H groups in total. The minimum atomic E-state index is -0.150. The van der Waals surface area contributed by atoms with E-state index in [0.717, 1.165) is 19.4 Å². The number of aliphatic hydroxyl groups is 2. The highest BCUT2D eigenvalue weighted by Gasteiger charge is 2.28. The van der Waals surface area contributed by atoms with Crippen molar-refractivity contribution in [1.29, 1.82) is 0 Å². The number of hydrogen-bond acceptors (Lipinski definition) is 3. The third-order valence-electron chi connectivity index (χ3n) is 4.42. The van der Waals surface area contributed by atoms with Crippen molar-refractivity contribution >= 4 is 0 Å². The molecule has 94 valence electrons. The van der Waals surface area contributed by atoms with E-state index in [1.807, 2.05) is 0 Å². The van der Waals surface area contributed by atoms with Gasteiger partial charge in [0.05, 0.1) is 6.10 Å². The van der Waals surface area contributed by atoms with Gasteiger partial charge in [0.1, 0.15) is 0 Å². The Kier molecular flexibility index (Phi) is 4.62. The Labute approximate surface area is 98.2 Å². The van der Waals surface area contributed by atoms with Crippen LogP contribution in [0.25, 0.3) is 0 Å². The summed E-state index contributed by atoms with van der Waals surface area (Å²) in [6.07, 6.45) is 7.98. The highest BCUT2D eigenvalue weighted by molar-refractivity contribution is 4.84. The Hall–Kier alpha value is -0.120. The van der Waals surface area contributed by atoms with Gasteiger partial charge in [0.2, 0.25) is 0 Å². The molecule has 0 aromatic rings. The summed E-state index contributed by atoms with van der Waals surface area (Å²) < 4.78 is 0. The lowest BCUT2D eigenvalue weighted by molar-refractivity contribution is 0.0859. The van der Waals surface area contributed by atoms with Crippen molar-refractivity contribution < 1.29 is 10.2 Å². The van der Waals surface area contributed by atoms with Crippen molar-refractivity contribution in [2.75, 3.05) is 13.2 Å². The Bertz CT molecular complexity index is 208. The summed E-state index contributed by atoms with van der Waals surface area (Å²) in [6, 6.07) is 0.300. The second kappa shape index (κ2) is 5.99. The molecule has 0 aliphatic heterocycles. The highest BCUT2D eigenvalue weighted by atomic mass is 16.3. The first-order valence-electron chi connectivity index (χ1n) is 6.83. The van der Waals surface area contributed by atoms with E-state index in [1.165, 1.54) is 32.1 Å². The van der Waals surface area contributed by atoms with Gasteiger partial charge < -0.3 is 15.5 Å².